The van der Waals surface area contributed by atoms with Crippen LogP contribution in [-0.4, -0.2) is 9.78 Å². The van der Waals surface area contributed by atoms with Crippen LogP contribution in [0.25, 0.3) is 0 Å². The third-order valence-corrected chi connectivity index (χ3v) is 3.38. The van der Waals surface area contributed by atoms with Gasteiger partial charge in [0, 0.05) is 7.05 Å². The van der Waals surface area contributed by atoms with Crippen molar-refractivity contribution < 1.29 is 0 Å². The van der Waals surface area contributed by atoms with E-state index in [1.165, 1.54) is 4.68 Å². The Morgan fingerprint density at radius 2 is 2.05 bits per heavy atom. The van der Waals surface area contributed by atoms with E-state index in [0.29, 0.717) is 5.69 Å². The maximum Gasteiger partial charge on any atom is 0.287 e. The number of benzene rings is 1. The molecule has 0 radical (unpaired) electrons. The molecule has 0 saturated carbocycles. The minimum absolute atomic E-state index is 0.104. The molecule has 100 valence electrons. The molecule has 0 saturated heterocycles. The Morgan fingerprint density at radius 3 is 2.68 bits per heavy atom. The molecular formula is C14H16ClN3O. The van der Waals surface area contributed by atoms with Gasteiger partial charge < -0.3 is 5.32 Å². The fourth-order valence-corrected chi connectivity index (χ4v) is 2.13. The lowest BCUT2D eigenvalue weighted by Gasteiger charge is -2.19. The largest absolute Gasteiger partial charge is 0.376 e. The normalized spacial score (nSPS) is 12.2. The lowest BCUT2D eigenvalue weighted by Crippen LogP contribution is -2.22. The number of nitrogens with one attached hydrogen (secondary N) is 1. The lowest BCUT2D eigenvalue weighted by molar-refractivity contribution is 0.700. The zero-order valence-electron chi connectivity index (χ0n) is 10.9. The van der Waals surface area contributed by atoms with Crippen molar-refractivity contribution in [3.05, 3.63) is 57.5 Å². The molecule has 0 aliphatic carbocycles. The van der Waals surface area contributed by atoms with Crippen molar-refractivity contribution in [1.29, 1.82) is 0 Å². The van der Waals surface area contributed by atoms with Crippen molar-refractivity contribution in [3.8, 4) is 0 Å². The SMILES string of the molecule is CCC(Nc1cnn(C)c(=O)c1Cl)c1ccccc1. The average Bonchev–Trinajstić information content (AvgIpc) is 2.45. The van der Waals surface area contributed by atoms with Gasteiger partial charge in [0.05, 0.1) is 17.9 Å². The highest BCUT2D eigenvalue weighted by molar-refractivity contribution is 6.32. The second kappa shape index (κ2) is 5.89. The Morgan fingerprint density at radius 1 is 1.37 bits per heavy atom. The molecule has 1 aromatic carbocycles. The van der Waals surface area contributed by atoms with E-state index in [4.69, 9.17) is 11.6 Å². The van der Waals surface area contributed by atoms with Crippen LogP contribution in [-0.2, 0) is 7.05 Å². The van der Waals surface area contributed by atoms with Gasteiger partial charge in [0.15, 0.2) is 0 Å². The van der Waals surface area contributed by atoms with Crippen LogP contribution in [0.4, 0.5) is 5.69 Å². The van der Waals surface area contributed by atoms with Gasteiger partial charge in [0.25, 0.3) is 5.56 Å². The summed E-state index contributed by atoms with van der Waals surface area (Å²) < 4.78 is 1.22. The van der Waals surface area contributed by atoms with Gasteiger partial charge in [-0.3, -0.25) is 4.79 Å². The first kappa shape index (κ1) is 13.6. The molecular weight excluding hydrogens is 262 g/mol. The first-order chi connectivity index (χ1) is 9.13. The van der Waals surface area contributed by atoms with Crippen LogP contribution in [0.2, 0.25) is 5.02 Å². The molecule has 0 fully saturated rings. The topological polar surface area (TPSA) is 46.9 Å². The molecule has 1 atom stereocenters. The van der Waals surface area contributed by atoms with E-state index in [9.17, 15) is 4.79 Å². The second-order valence-electron chi connectivity index (χ2n) is 4.32. The molecule has 0 aliphatic heterocycles. The van der Waals surface area contributed by atoms with Crippen molar-refractivity contribution in [2.24, 2.45) is 7.05 Å². The zero-order chi connectivity index (χ0) is 13.8. The molecule has 1 heterocycles. The quantitative estimate of drug-likeness (QED) is 0.934. The molecule has 2 aromatic rings. The highest BCUT2D eigenvalue weighted by atomic mass is 35.5. The van der Waals surface area contributed by atoms with Crippen LogP contribution in [0, 0.1) is 0 Å². The van der Waals surface area contributed by atoms with Gasteiger partial charge in [-0.15, -0.1) is 0 Å². The highest BCUT2D eigenvalue weighted by Gasteiger charge is 2.13. The predicted octanol–water partition coefficient (Wildman–Crippen LogP) is 3.00. The van der Waals surface area contributed by atoms with Gasteiger partial charge in [0.2, 0.25) is 0 Å². The fraction of sp³-hybridized carbons (Fsp3) is 0.286. The van der Waals surface area contributed by atoms with Gasteiger partial charge in [-0.2, -0.15) is 5.10 Å². The molecule has 5 heteroatoms. The molecule has 19 heavy (non-hydrogen) atoms. The fourth-order valence-electron chi connectivity index (χ4n) is 1.91. The van der Waals surface area contributed by atoms with Crippen molar-refractivity contribution >= 4 is 17.3 Å². The van der Waals surface area contributed by atoms with Gasteiger partial charge in [-0.05, 0) is 12.0 Å². The number of anilines is 1. The molecule has 1 unspecified atom stereocenters. The molecule has 0 amide bonds. The Kier molecular flexibility index (Phi) is 4.22. The third-order valence-electron chi connectivity index (χ3n) is 3.02. The molecule has 0 bridgehead atoms. The van der Waals surface area contributed by atoms with E-state index in [0.717, 1.165) is 12.0 Å². The van der Waals surface area contributed by atoms with E-state index < -0.39 is 0 Å². The number of hydrogen-bond donors (Lipinski definition) is 1. The summed E-state index contributed by atoms with van der Waals surface area (Å²) in [5.41, 5.74) is 1.43. The Bertz CT molecular complexity index is 610. The van der Waals surface area contributed by atoms with Crippen LogP contribution < -0.4 is 10.9 Å². The lowest BCUT2D eigenvalue weighted by atomic mass is 10.0. The number of hydrogen-bond acceptors (Lipinski definition) is 3. The Hall–Kier alpha value is -1.81. The van der Waals surface area contributed by atoms with Crippen LogP contribution in [0.15, 0.2) is 41.3 Å². The number of nitrogens with zero attached hydrogens (tertiary/aromatic N) is 2. The van der Waals surface area contributed by atoms with Gasteiger partial charge >= 0.3 is 0 Å². The Balaban J connectivity index is 2.30. The average molecular weight is 278 g/mol. The summed E-state index contributed by atoms with van der Waals surface area (Å²) in [5.74, 6) is 0. The maximum atomic E-state index is 11.7. The van der Waals surface area contributed by atoms with Gasteiger partial charge in [-0.25, -0.2) is 4.68 Å². The zero-order valence-corrected chi connectivity index (χ0v) is 11.7. The van der Waals surface area contributed by atoms with E-state index in [1.54, 1.807) is 13.2 Å². The van der Waals surface area contributed by atoms with Crippen LogP contribution in [0.1, 0.15) is 24.9 Å². The second-order valence-corrected chi connectivity index (χ2v) is 4.69. The standard InChI is InChI=1S/C14H16ClN3O/c1-3-11(10-7-5-4-6-8-10)17-12-9-16-18(2)14(19)13(12)15/h4-9,11,17H,3H2,1-2H3. The van der Waals surface area contributed by atoms with Gasteiger partial charge in [-0.1, -0.05) is 48.9 Å². The molecule has 1 aromatic heterocycles. The maximum absolute atomic E-state index is 11.7. The summed E-state index contributed by atoms with van der Waals surface area (Å²) >= 11 is 6.05. The van der Waals surface area contributed by atoms with E-state index in [2.05, 4.69) is 17.3 Å². The van der Waals surface area contributed by atoms with E-state index >= 15 is 0 Å². The minimum atomic E-state index is -0.297. The number of rotatable bonds is 4. The van der Waals surface area contributed by atoms with Gasteiger partial charge in [0.1, 0.15) is 5.02 Å². The van der Waals surface area contributed by atoms with Crippen LogP contribution >= 0.6 is 11.6 Å². The van der Waals surface area contributed by atoms with Crippen molar-refractivity contribution in [1.82, 2.24) is 9.78 Å². The number of aryl methyl sites for hydroxylation is 1. The van der Waals surface area contributed by atoms with E-state index in [1.807, 2.05) is 30.3 Å². The highest BCUT2D eigenvalue weighted by Crippen LogP contribution is 2.24. The molecule has 0 spiro atoms. The smallest absolute Gasteiger partial charge is 0.287 e. The van der Waals surface area contributed by atoms with Crippen LogP contribution in [0.3, 0.4) is 0 Å². The molecule has 4 nitrogen and oxygen atoms in total. The summed E-state index contributed by atoms with van der Waals surface area (Å²) in [7, 11) is 1.58. The molecule has 0 aliphatic rings. The number of halogens is 1. The minimum Gasteiger partial charge on any atom is -0.376 e. The summed E-state index contributed by atoms with van der Waals surface area (Å²) in [4.78, 5) is 11.7. The molecule has 1 N–H and O–H groups in total. The van der Waals surface area contributed by atoms with Crippen molar-refractivity contribution in [2.45, 2.75) is 19.4 Å². The van der Waals surface area contributed by atoms with Crippen LogP contribution in [0.5, 0.6) is 0 Å². The first-order valence-corrected chi connectivity index (χ1v) is 6.54. The first-order valence-electron chi connectivity index (χ1n) is 6.16. The summed E-state index contributed by atoms with van der Waals surface area (Å²) in [6, 6.07) is 10.1. The summed E-state index contributed by atoms with van der Waals surface area (Å²) in [5, 5.41) is 7.42. The summed E-state index contributed by atoms with van der Waals surface area (Å²) in [6.45, 7) is 2.08. The predicted molar refractivity (Wildman–Crippen MR) is 77.6 cm³/mol. The van der Waals surface area contributed by atoms with Crippen molar-refractivity contribution in [3.63, 3.8) is 0 Å². The van der Waals surface area contributed by atoms with E-state index in [-0.39, 0.29) is 16.6 Å². The molecule has 2 rings (SSSR count). The third kappa shape index (κ3) is 2.96. The number of aromatic nitrogens is 2. The summed E-state index contributed by atoms with van der Waals surface area (Å²) in [6.07, 6.45) is 2.46. The van der Waals surface area contributed by atoms with Crippen molar-refractivity contribution in [2.75, 3.05) is 5.32 Å². The monoisotopic (exact) mass is 277 g/mol. The Labute approximate surface area is 117 Å².